The molecule has 0 unspecified atom stereocenters. The zero-order valence-electron chi connectivity index (χ0n) is 8.95. The van der Waals surface area contributed by atoms with Gasteiger partial charge in [0, 0.05) is 0 Å². The molecule has 1 rings (SSSR count). The third-order valence-corrected chi connectivity index (χ3v) is 1.82. The van der Waals surface area contributed by atoms with Crippen LogP contribution in [0.3, 0.4) is 0 Å². The van der Waals surface area contributed by atoms with Gasteiger partial charge in [-0.3, -0.25) is 0 Å². The molecular weight excluding hydrogens is 233 g/mol. The average molecular weight is 242 g/mol. The topological polar surface area (TPSA) is 45.9 Å². The molecule has 1 aromatic heterocycles. The van der Waals surface area contributed by atoms with Gasteiger partial charge in [-0.25, -0.2) is 4.98 Å². The highest BCUT2D eigenvalue weighted by Gasteiger charge is 2.33. The van der Waals surface area contributed by atoms with Gasteiger partial charge in [0.1, 0.15) is 23.9 Å². The normalized spacial score (nSPS) is 11.5. The molecule has 1 heterocycles. The first-order chi connectivity index (χ1) is 7.99. The van der Waals surface area contributed by atoms with Crippen LogP contribution in [-0.4, -0.2) is 11.6 Å². The second-order valence-electron chi connectivity index (χ2n) is 3.04. The molecule has 90 valence electrons. The first-order valence-electron chi connectivity index (χ1n) is 4.71. The summed E-state index contributed by atoms with van der Waals surface area (Å²) in [6.45, 7) is 1.81. The van der Waals surface area contributed by atoms with Crippen molar-refractivity contribution in [2.75, 3.05) is 6.61 Å². The Labute approximate surface area is 96.2 Å². The smallest absolute Gasteiger partial charge is 0.433 e. The Hall–Kier alpha value is -2.03. The van der Waals surface area contributed by atoms with Gasteiger partial charge < -0.3 is 4.74 Å². The summed E-state index contributed by atoms with van der Waals surface area (Å²) in [6.07, 6.45) is -1.27. The van der Waals surface area contributed by atoms with Crippen LogP contribution in [0.1, 0.15) is 18.2 Å². The maximum Gasteiger partial charge on any atom is 0.433 e. The summed E-state index contributed by atoms with van der Waals surface area (Å²) in [5, 5.41) is 8.70. The van der Waals surface area contributed by atoms with Crippen molar-refractivity contribution in [1.29, 1.82) is 5.26 Å². The Morgan fingerprint density at radius 2 is 2.18 bits per heavy atom. The quantitative estimate of drug-likeness (QED) is 0.765. The molecule has 0 amide bonds. The molecule has 0 aliphatic carbocycles. The Morgan fingerprint density at radius 1 is 1.47 bits per heavy atom. The van der Waals surface area contributed by atoms with Crippen molar-refractivity contribution in [3.63, 3.8) is 0 Å². The number of rotatable bonds is 3. The molecule has 3 nitrogen and oxygen atoms in total. The van der Waals surface area contributed by atoms with E-state index in [1.165, 1.54) is 0 Å². The number of nitriles is 1. The minimum absolute atomic E-state index is 0.0255. The fraction of sp³-hybridized carbons (Fsp3) is 0.273. The number of hydrogen-bond acceptors (Lipinski definition) is 3. The van der Waals surface area contributed by atoms with Crippen LogP contribution in [0, 0.1) is 11.3 Å². The van der Waals surface area contributed by atoms with E-state index in [9.17, 15) is 13.2 Å². The van der Waals surface area contributed by atoms with E-state index in [0.717, 1.165) is 12.1 Å². The molecule has 0 aliphatic heterocycles. The van der Waals surface area contributed by atoms with E-state index in [0.29, 0.717) is 0 Å². The summed E-state index contributed by atoms with van der Waals surface area (Å²) >= 11 is 0. The molecule has 17 heavy (non-hydrogen) atoms. The van der Waals surface area contributed by atoms with E-state index < -0.39 is 11.9 Å². The van der Waals surface area contributed by atoms with E-state index in [2.05, 4.69) is 4.98 Å². The summed E-state index contributed by atoms with van der Waals surface area (Å²) in [5.74, 6) is -0.305. The van der Waals surface area contributed by atoms with Gasteiger partial charge in [-0.2, -0.15) is 18.4 Å². The average Bonchev–Trinajstić information content (AvgIpc) is 2.28. The molecule has 0 saturated heterocycles. The summed E-state index contributed by atoms with van der Waals surface area (Å²) < 4.78 is 42.1. The third kappa shape index (κ3) is 3.48. The van der Waals surface area contributed by atoms with Gasteiger partial charge in [0.25, 0.3) is 0 Å². The van der Waals surface area contributed by atoms with E-state index in [4.69, 9.17) is 10.00 Å². The minimum Gasteiger partial charge on any atom is -0.472 e. The fourth-order valence-corrected chi connectivity index (χ4v) is 1.02. The molecule has 0 spiro atoms. The van der Waals surface area contributed by atoms with E-state index in [-0.39, 0.29) is 18.1 Å². The number of alkyl halides is 3. The number of ether oxygens (including phenoxy) is 1. The van der Waals surface area contributed by atoms with Gasteiger partial charge in [0.15, 0.2) is 0 Å². The molecule has 0 saturated carbocycles. The standard InChI is InChI=1S/C11H9F3N2O/c1-2-3-6-17-10-8(7-15)4-5-9(16-10)11(12,13)14/h2-5H,6H2,1H3/b3-2+. The van der Waals surface area contributed by atoms with Gasteiger partial charge in [-0.1, -0.05) is 12.2 Å². The lowest BCUT2D eigenvalue weighted by Gasteiger charge is -2.09. The van der Waals surface area contributed by atoms with Crippen LogP contribution < -0.4 is 4.74 Å². The molecule has 0 N–H and O–H groups in total. The van der Waals surface area contributed by atoms with Crippen molar-refractivity contribution in [2.24, 2.45) is 0 Å². The first kappa shape index (κ1) is 13.0. The molecular formula is C11H9F3N2O. The highest BCUT2D eigenvalue weighted by atomic mass is 19.4. The van der Waals surface area contributed by atoms with Gasteiger partial charge in [-0.15, -0.1) is 0 Å². The second-order valence-corrected chi connectivity index (χ2v) is 3.04. The lowest BCUT2D eigenvalue weighted by Crippen LogP contribution is -2.10. The highest BCUT2D eigenvalue weighted by molar-refractivity contribution is 5.39. The summed E-state index contributed by atoms with van der Waals surface area (Å²) in [5.41, 5.74) is -1.10. The third-order valence-electron chi connectivity index (χ3n) is 1.82. The lowest BCUT2D eigenvalue weighted by atomic mass is 10.2. The van der Waals surface area contributed by atoms with Crippen molar-refractivity contribution in [3.8, 4) is 11.9 Å². The SMILES string of the molecule is C/C=C/COc1nc(C(F)(F)F)ccc1C#N. The Morgan fingerprint density at radius 3 is 2.71 bits per heavy atom. The first-order valence-corrected chi connectivity index (χ1v) is 4.71. The predicted octanol–water partition coefficient (Wildman–Crippen LogP) is 2.93. The van der Waals surface area contributed by atoms with Crippen molar-refractivity contribution < 1.29 is 17.9 Å². The maximum atomic E-state index is 12.4. The highest BCUT2D eigenvalue weighted by Crippen LogP contribution is 2.29. The summed E-state index contributed by atoms with van der Waals surface area (Å²) in [4.78, 5) is 3.28. The van der Waals surface area contributed by atoms with Crippen LogP contribution in [0.2, 0.25) is 0 Å². The molecule has 6 heteroatoms. The zero-order valence-corrected chi connectivity index (χ0v) is 8.95. The van der Waals surface area contributed by atoms with Crippen molar-refractivity contribution in [2.45, 2.75) is 13.1 Å². The van der Waals surface area contributed by atoms with Crippen LogP contribution in [0.4, 0.5) is 13.2 Å². The van der Waals surface area contributed by atoms with E-state index >= 15 is 0 Å². The Bertz CT molecular complexity index is 461. The van der Waals surface area contributed by atoms with Gasteiger partial charge >= 0.3 is 6.18 Å². The monoisotopic (exact) mass is 242 g/mol. The molecule has 0 aliphatic rings. The second kappa shape index (κ2) is 5.34. The fourth-order valence-electron chi connectivity index (χ4n) is 1.02. The number of pyridine rings is 1. The molecule has 0 bridgehead atoms. The Balaban J connectivity index is 3.03. The van der Waals surface area contributed by atoms with Crippen LogP contribution in [0.15, 0.2) is 24.3 Å². The number of hydrogen-bond donors (Lipinski definition) is 0. The molecule has 0 aromatic carbocycles. The predicted molar refractivity (Wildman–Crippen MR) is 54.3 cm³/mol. The summed E-state index contributed by atoms with van der Waals surface area (Å²) in [7, 11) is 0. The molecule has 0 radical (unpaired) electrons. The van der Waals surface area contributed by atoms with Crippen molar-refractivity contribution in [1.82, 2.24) is 4.98 Å². The number of allylic oxidation sites excluding steroid dienone is 1. The van der Waals surface area contributed by atoms with E-state index in [1.807, 2.05) is 0 Å². The van der Waals surface area contributed by atoms with Crippen LogP contribution >= 0.6 is 0 Å². The van der Waals surface area contributed by atoms with Gasteiger partial charge in [0.05, 0.1) is 0 Å². The van der Waals surface area contributed by atoms with Crippen LogP contribution in [-0.2, 0) is 6.18 Å². The summed E-state index contributed by atoms with van der Waals surface area (Å²) in [6, 6.07) is 3.52. The number of aromatic nitrogens is 1. The van der Waals surface area contributed by atoms with E-state index in [1.54, 1.807) is 25.1 Å². The van der Waals surface area contributed by atoms with Crippen LogP contribution in [0.5, 0.6) is 5.88 Å². The molecule has 0 fully saturated rings. The zero-order chi connectivity index (χ0) is 12.9. The molecule has 1 aromatic rings. The van der Waals surface area contributed by atoms with Crippen molar-refractivity contribution >= 4 is 0 Å². The van der Waals surface area contributed by atoms with Gasteiger partial charge in [0.2, 0.25) is 5.88 Å². The van der Waals surface area contributed by atoms with Gasteiger partial charge in [-0.05, 0) is 19.1 Å². The Kier molecular flexibility index (Phi) is 4.10. The maximum absolute atomic E-state index is 12.4. The van der Waals surface area contributed by atoms with Crippen molar-refractivity contribution in [3.05, 3.63) is 35.5 Å². The largest absolute Gasteiger partial charge is 0.472 e. The van der Waals surface area contributed by atoms with Crippen LogP contribution in [0.25, 0.3) is 0 Å². The number of halogens is 3. The number of nitrogens with zero attached hydrogens (tertiary/aromatic N) is 2. The lowest BCUT2D eigenvalue weighted by molar-refractivity contribution is -0.141. The minimum atomic E-state index is -4.55. The molecule has 0 atom stereocenters.